The van der Waals surface area contributed by atoms with E-state index in [2.05, 4.69) is 36.0 Å². The zero-order valence-electron chi connectivity index (χ0n) is 12.0. The van der Waals surface area contributed by atoms with Gasteiger partial charge in [-0.05, 0) is 53.4 Å². The van der Waals surface area contributed by atoms with Crippen LogP contribution in [0.1, 0.15) is 39.0 Å². The van der Waals surface area contributed by atoms with E-state index in [0.717, 1.165) is 12.6 Å². The zero-order valence-corrected chi connectivity index (χ0v) is 12.0. The first-order valence-corrected chi connectivity index (χ1v) is 6.91. The Labute approximate surface area is 111 Å². The molecule has 2 atom stereocenters. The number of nitrogens with two attached hydrogens (primary N) is 1. The molecule has 18 heavy (non-hydrogen) atoms. The molecule has 5 nitrogen and oxygen atoms in total. The lowest BCUT2D eigenvalue weighted by molar-refractivity contribution is 0.151. The summed E-state index contributed by atoms with van der Waals surface area (Å²) in [6.07, 6.45) is 5.83. The summed E-state index contributed by atoms with van der Waals surface area (Å²) in [4.78, 5) is 4.77. The second kappa shape index (κ2) is 7.59. The van der Waals surface area contributed by atoms with Crippen LogP contribution in [0.5, 0.6) is 0 Å². The maximum atomic E-state index is 8.57. The van der Waals surface area contributed by atoms with E-state index in [0.29, 0.717) is 18.3 Å². The molecule has 2 unspecified atom stereocenters. The van der Waals surface area contributed by atoms with Crippen LogP contribution in [-0.4, -0.2) is 60.1 Å². The number of oxime groups is 1. The number of likely N-dealkylation sites (tertiary alicyclic amines) is 1. The molecule has 0 saturated carbocycles. The quantitative estimate of drug-likeness (QED) is 0.325. The van der Waals surface area contributed by atoms with E-state index in [4.69, 9.17) is 10.9 Å². The summed E-state index contributed by atoms with van der Waals surface area (Å²) >= 11 is 0. The van der Waals surface area contributed by atoms with Gasteiger partial charge in [-0.3, -0.25) is 0 Å². The summed E-state index contributed by atoms with van der Waals surface area (Å²) in [5.41, 5.74) is 5.54. The monoisotopic (exact) mass is 256 g/mol. The Balaban J connectivity index is 2.28. The smallest absolute Gasteiger partial charge is 0.140 e. The van der Waals surface area contributed by atoms with Gasteiger partial charge in [0.1, 0.15) is 5.84 Å². The Bertz CT molecular complexity index is 270. The Kier molecular flexibility index (Phi) is 6.43. The molecular weight excluding hydrogens is 228 g/mol. The van der Waals surface area contributed by atoms with Crippen LogP contribution in [0.4, 0.5) is 0 Å². The minimum Gasteiger partial charge on any atom is -0.409 e. The van der Waals surface area contributed by atoms with Crippen LogP contribution >= 0.6 is 0 Å². The first kappa shape index (κ1) is 15.2. The van der Waals surface area contributed by atoms with Crippen LogP contribution in [0, 0.1) is 0 Å². The van der Waals surface area contributed by atoms with E-state index in [-0.39, 0.29) is 0 Å². The number of nitrogens with zero attached hydrogens (tertiary/aromatic N) is 3. The van der Waals surface area contributed by atoms with Crippen LogP contribution in [0.15, 0.2) is 5.16 Å². The predicted octanol–water partition coefficient (Wildman–Crippen LogP) is 1.32. The Hall–Kier alpha value is -0.810. The van der Waals surface area contributed by atoms with Crippen LogP contribution in [0.3, 0.4) is 0 Å². The average molecular weight is 256 g/mol. The van der Waals surface area contributed by atoms with Crippen molar-refractivity contribution in [3.63, 3.8) is 0 Å². The third kappa shape index (κ3) is 4.82. The maximum absolute atomic E-state index is 8.57. The molecule has 1 fully saturated rings. The van der Waals surface area contributed by atoms with Gasteiger partial charge in [-0.1, -0.05) is 11.6 Å². The van der Waals surface area contributed by atoms with Gasteiger partial charge in [-0.15, -0.1) is 0 Å². The normalized spacial score (nSPS) is 24.4. The predicted molar refractivity (Wildman–Crippen MR) is 75.0 cm³/mol. The SMILES string of the molecule is CC(CC(N)=NO)N(C)CCC1CCCCN1C. The van der Waals surface area contributed by atoms with Crippen LogP contribution in [-0.2, 0) is 0 Å². The molecule has 0 amide bonds. The van der Waals surface area contributed by atoms with Crippen molar-refractivity contribution in [3.8, 4) is 0 Å². The van der Waals surface area contributed by atoms with Crippen molar-refractivity contribution < 1.29 is 5.21 Å². The number of piperidine rings is 1. The fourth-order valence-corrected chi connectivity index (χ4v) is 2.58. The molecule has 0 radical (unpaired) electrons. The van der Waals surface area contributed by atoms with Crippen LogP contribution < -0.4 is 5.73 Å². The first-order valence-electron chi connectivity index (χ1n) is 6.91. The van der Waals surface area contributed by atoms with Gasteiger partial charge in [-0.25, -0.2) is 0 Å². The standard InChI is InChI=1S/C13H28N4O/c1-11(10-13(14)15-18)16(2)9-7-12-6-4-5-8-17(12)3/h11-12,18H,4-10H2,1-3H3,(H2,14,15). The van der Waals surface area contributed by atoms with Crippen LogP contribution in [0.25, 0.3) is 0 Å². The fourth-order valence-electron chi connectivity index (χ4n) is 2.58. The molecule has 0 spiro atoms. The van der Waals surface area contributed by atoms with Gasteiger partial charge >= 0.3 is 0 Å². The minimum absolute atomic E-state index is 0.309. The van der Waals surface area contributed by atoms with Crippen molar-refractivity contribution in [3.05, 3.63) is 0 Å². The maximum Gasteiger partial charge on any atom is 0.140 e. The largest absolute Gasteiger partial charge is 0.409 e. The average Bonchev–Trinajstić information content (AvgIpc) is 2.37. The highest BCUT2D eigenvalue weighted by atomic mass is 16.4. The fraction of sp³-hybridized carbons (Fsp3) is 0.923. The van der Waals surface area contributed by atoms with E-state index in [9.17, 15) is 0 Å². The molecule has 0 aromatic carbocycles. The Morgan fingerprint density at radius 1 is 1.56 bits per heavy atom. The van der Waals surface area contributed by atoms with E-state index in [1.54, 1.807) is 0 Å². The first-order chi connectivity index (χ1) is 8.54. The van der Waals surface area contributed by atoms with Crippen molar-refractivity contribution >= 4 is 5.84 Å². The lowest BCUT2D eigenvalue weighted by atomic mass is 9.99. The van der Waals surface area contributed by atoms with Crippen LogP contribution in [0.2, 0.25) is 0 Å². The molecule has 3 N–H and O–H groups in total. The summed E-state index contributed by atoms with van der Waals surface area (Å²) in [6, 6.07) is 1.03. The number of rotatable bonds is 6. The van der Waals surface area contributed by atoms with Crippen molar-refractivity contribution in [2.45, 2.75) is 51.1 Å². The highest BCUT2D eigenvalue weighted by molar-refractivity contribution is 5.80. The third-order valence-corrected chi connectivity index (χ3v) is 4.12. The van der Waals surface area contributed by atoms with E-state index >= 15 is 0 Å². The van der Waals surface area contributed by atoms with E-state index in [1.165, 1.54) is 32.2 Å². The van der Waals surface area contributed by atoms with Crippen molar-refractivity contribution in [1.82, 2.24) is 9.80 Å². The van der Waals surface area contributed by atoms with Gasteiger partial charge < -0.3 is 20.7 Å². The highest BCUT2D eigenvalue weighted by Crippen LogP contribution is 2.18. The molecule has 1 heterocycles. The summed E-state index contributed by atoms with van der Waals surface area (Å²) < 4.78 is 0. The summed E-state index contributed by atoms with van der Waals surface area (Å²) in [5.74, 6) is 0.309. The van der Waals surface area contributed by atoms with Crippen molar-refractivity contribution in [2.75, 3.05) is 27.2 Å². The van der Waals surface area contributed by atoms with Gasteiger partial charge in [0.25, 0.3) is 0 Å². The molecule has 0 aliphatic carbocycles. The summed E-state index contributed by atoms with van der Waals surface area (Å²) in [5, 5.41) is 11.6. The van der Waals surface area contributed by atoms with Crippen molar-refractivity contribution in [2.24, 2.45) is 10.9 Å². The topological polar surface area (TPSA) is 65.1 Å². The third-order valence-electron chi connectivity index (χ3n) is 4.12. The molecule has 1 aliphatic heterocycles. The minimum atomic E-state index is 0.309. The highest BCUT2D eigenvalue weighted by Gasteiger charge is 2.20. The van der Waals surface area contributed by atoms with E-state index < -0.39 is 0 Å². The number of hydrogen-bond acceptors (Lipinski definition) is 4. The lowest BCUT2D eigenvalue weighted by Gasteiger charge is -2.34. The number of hydrogen-bond donors (Lipinski definition) is 2. The van der Waals surface area contributed by atoms with Gasteiger partial charge in [-0.2, -0.15) is 0 Å². The van der Waals surface area contributed by atoms with Gasteiger partial charge in [0.2, 0.25) is 0 Å². The number of amidine groups is 1. The van der Waals surface area contributed by atoms with Gasteiger partial charge in [0.05, 0.1) is 0 Å². The summed E-state index contributed by atoms with van der Waals surface area (Å²) in [6.45, 7) is 4.41. The zero-order chi connectivity index (χ0) is 13.5. The molecule has 106 valence electrons. The molecule has 1 aliphatic rings. The second-order valence-electron chi connectivity index (χ2n) is 5.54. The summed E-state index contributed by atoms with van der Waals surface area (Å²) in [7, 11) is 4.34. The Morgan fingerprint density at radius 3 is 2.89 bits per heavy atom. The van der Waals surface area contributed by atoms with Gasteiger partial charge in [0.15, 0.2) is 0 Å². The second-order valence-corrected chi connectivity index (χ2v) is 5.54. The molecular formula is C13H28N4O. The molecule has 0 bridgehead atoms. The Morgan fingerprint density at radius 2 is 2.28 bits per heavy atom. The van der Waals surface area contributed by atoms with E-state index in [1.807, 2.05) is 0 Å². The molecule has 1 saturated heterocycles. The molecule has 1 rings (SSSR count). The molecule has 0 aromatic rings. The molecule has 0 aromatic heterocycles. The van der Waals surface area contributed by atoms with Crippen molar-refractivity contribution in [1.29, 1.82) is 0 Å². The van der Waals surface area contributed by atoms with Gasteiger partial charge in [0, 0.05) is 18.5 Å². The lowest BCUT2D eigenvalue weighted by Crippen LogP contribution is -2.40. The molecule has 5 heteroatoms.